The largest absolute Gasteiger partial charge is 0.495 e. The lowest BCUT2D eigenvalue weighted by atomic mass is 10.1. The fraction of sp³-hybridized carbons (Fsp3) is 0.231. The van der Waals surface area contributed by atoms with Gasteiger partial charge in [0.1, 0.15) is 12.3 Å². The second kappa shape index (κ2) is 12.5. The molecular weight excluding hydrogens is 518 g/mol. The first-order chi connectivity index (χ1) is 17.7. The topological polar surface area (TPSA) is 107 Å². The zero-order valence-corrected chi connectivity index (χ0v) is 22.5. The average Bonchev–Trinajstić information content (AvgIpc) is 2.92. The predicted octanol–water partition coefficient (Wildman–Crippen LogP) is 4.49. The summed E-state index contributed by atoms with van der Waals surface area (Å²) in [5.41, 5.74) is 3.96. The predicted molar refractivity (Wildman–Crippen MR) is 143 cm³/mol. The van der Waals surface area contributed by atoms with Crippen molar-refractivity contribution in [3.63, 3.8) is 0 Å². The zero-order chi connectivity index (χ0) is 27.0. The number of carbonyl (C=O) groups is 1. The van der Waals surface area contributed by atoms with Crippen molar-refractivity contribution in [1.29, 1.82) is 0 Å². The van der Waals surface area contributed by atoms with Gasteiger partial charge in [-0.2, -0.15) is 5.10 Å². The van der Waals surface area contributed by atoms with Crippen LogP contribution in [0, 0.1) is 0 Å². The average molecular weight is 546 g/mol. The Balaban J connectivity index is 1.91. The summed E-state index contributed by atoms with van der Waals surface area (Å²) in [6.45, 7) is 1.35. The summed E-state index contributed by atoms with van der Waals surface area (Å²) in [6, 6.07) is 17.6. The first-order valence-electron chi connectivity index (χ1n) is 11.2. The van der Waals surface area contributed by atoms with Crippen molar-refractivity contribution >= 4 is 38.9 Å². The lowest BCUT2D eigenvalue weighted by Gasteiger charge is -2.24. The van der Waals surface area contributed by atoms with Crippen molar-refractivity contribution < 1.29 is 27.4 Å². The van der Waals surface area contributed by atoms with E-state index in [1.54, 1.807) is 36.4 Å². The Hall–Kier alpha value is -3.76. The second-order valence-electron chi connectivity index (χ2n) is 7.66. The number of ether oxygens (including phenoxy) is 3. The van der Waals surface area contributed by atoms with E-state index in [9.17, 15) is 13.2 Å². The summed E-state index contributed by atoms with van der Waals surface area (Å²) < 4.78 is 43.7. The zero-order valence-electron chi connectivity index (χ0n) is 20.9. The third-order valence-corrected chi connectivity index (χ3v) is 7.49. The molecule has 11 heteroatoms. The molecule has 1 amide bonds. The third kappa shape index (κ3) is 6.52. The molecule has 0 unspecified atom stereocenters. The summed E-state index contributed by atoms with van der Waals surface area (Å²) in [7, 11) is 0.415. The first kappa shape index (κ1) is 27.8. The Labute approximate surface area is 221 Å². The Morgan fingerprint density at radius 1 is 0.919 bits per heavy atom. The molecule has 0 radical (unpaired) electrons. The molecule has 0 aliphatic rings. The second-order valence-corrected chi connectivity index (χ2v) is 9.93. The molecule has 3 aromatic carbocycles. The molecule has 0 atom stereocenters. The van der Waals surface area contributed by atoms with E-state index < -0.39 is 22.5 Å². The Kier molecular flexibility index (Phi) is 9.37. The molecular formula is C26H28ClN3O6S. The summed E-state index contributed by atoms with van der Waals surface area (Å²) >= 11 is 6.25. The number of methoxy groups -OCH3 is 3. The highest BCUT2D eigenvalue weighted by Crippen LogP contribution is 2.32. The molecule has 196 valence electrons. The van der Waals surface area contributed by atoms with Gasteiger partial charge in [0.25, 0.3) is 15.9 Å². The highest BCUT2D eigenvalue weighted by atomic mass is 35.5. The number of halogens is 1. The van der Waals surface area contributed by atoms with E-state index in [0.717, 1.165) is 9.87 Å². The lowest BCUT2D eigenvalue weighted by molar-refractivity contribution is -0.119. The molecule has 3 rings (SSSR count). The highest BCUT2D eigenvalue weighted by Gasteiger charge is 2.27. The van der Waals surface area contributed by atoms with Gasteiger partial charge < -0.3 is 14.2 Å². The van der Waals surface area contributed by atoms with Crippen LogP contribution in [0.1, 0.15) is 18.9 Å². The molecule has 37 heavy (non-hydrogen) atoms. The van der Waals surface area contributed by atoms with E-state index in [2.05, 4.69) is 10.5 Å². The molecule has 0 saturated heterocycles. The molecule has 0 aliphatic carbocycles. The van der Waals surface area contributed by atoms with Crippen LogP contribution in [0.2, 0.25) is 5.02 Å². The molecule has 0 bridgehead atoms. The van der Waals surface area contributed by atoms with E-state index in [1.807, 2.05) is 6.92 Å². The number of carbonyl (C=O) groups excluding carboxylic acids is 1. The minimum Gasteiger partial charge on any atom is -0.495 e. The van der Waals surface area contributed by atoms with Gasteiger partial charge in [0, 0.05) is 5.56 Å². The number of nitrogens with one attached hydrogen (secondary N) is 1. The number of hydrogen-bond acceptors (Lipinski definition) is 7. The van der Waals surface area contributed by atoms with E-state index in [0.29, 0.717) is 29.4 Å². The number of nitrogens with zero attached hydrogens (tertiary/aromatic N) is 2. The van der Waals surface area contributed by atoms with Gasteiger partial charge >= 0.3 is 0 Å². The van der Waals surface area contributed by atoms with E-state index >= 15 is 0 Å². The van der Waals surface area contributed by atoms with Crippen molar-refractivity contribution in [2.24, 2.45) is 5.10 Å². The third-order valence-electron chi connectivity index (χ3n) is 5.41. The number of amides is 1. The van der Waals surface area contributed by atoms with Gasteiger partial charge in [-0.05, 0) is 55.0 Å². The molecule has 0 fully saturated rings. The van der Waals surface area contributed by atoms with Gasteiger partial charge in [-0.25, -0.2) is 13.8 Å². The molecule has 0 heterocycles. The molecule has 9 nitrogen and oxygen atoms in total. The number of hydrazone groups is 1. The van der Waals surface area contributed by atoms with Gasteiger partial charge in [-0.1, -0.05) is 36.7 Å². The Morgan fingerprint density at radius 2 is 1.57 bits per heavy atom. The summed E-state index contributed by atoms with van der Waals surface area (Å²) in [4.78, 5) is 13.0. The first-order valence-corrected chi connectivity index (χ1v) is 13.1. The van der Waals surface area contributed by atoms with Crippen molar-refractivity contribution in [2.45, 2.75) is 18.2 Å². The standard InChI is InChI=1S/C26H28ClN3O6S/c1-5-22(18-11-13-24(35-3)25(15-18)36-4)28-29-26(31)17-30(19-12-14-23(34-2)21(27)16-19)37(32,33)20-9-7-6-8-10-20/h6-16H,5,17H2,1-4H3,(H,29,31)/b28-22-. The number of hydrogen-bond donors (Lipinski definition) is 1. The van der Waals surface area contributed by atoms with Crippen LogP contribution in [-0.4, -0.2) is 47.9 Å². The maximum atomic E-state index is 13.5. The molecule has 0 spiro atoms. The quantitative estimate of drug-likeness (QED) is 0.281. The number of rotatable bonds is 11. The van der Waals surface area contributed by atoms with Crippen molar-refractivity contribution in [3.05, 3.63) is 77.3 Å². The molecule has 1 N–H and O–H groups in total. The Bertz CT molecular complexity index is 1380. The minimum absolute atomic E-state index is 0.0258. The Morgan fingerprint density at radius 3 is 2.16 bits per heavy atom. The summed E-state index contributed by atoms with van der Waals surface area (Å²) in [6.07, 6.45) is 0.496. The SMILES string of the molecule is CC/C(=N/NC(=O)CN(c1ccc(OC)c(Cl)c1)S(=O)(=O)c1ccccc1)c1ccc(OC)c(OC)c1. The van der Waals surface area contributed by atoms with Crippen LogP contribution < -0.4 is 23.9 Å². The minimum atomic E-state index is -4.10. The van der Waals surface area contributed by atoms with Crippen LogP contribution in [-0.2, 0) is 14.8 Å². The van der Waals surface area contributed by atoms with Crippen LogP contribution >= 0.6 is 11.6 Å². The van der Waals surface area contributed by atoms with Gasteiger partial charge in [0.2, 0.25) is 0 Å². The van der Waals surface area contributed by atoms with E-state index in [4.69, 9.17) is 25.8 Å². The molecule has 0 aliphatic heterocycles. The number of sulfonamides is 1. The molecule has 0 saturated carbocycles. The van der Waals surface area contributed by atoms with Gasteiger partial charge in [-0.15, -0.1) is 0 Å². The number of benzene rings is 3. The monoisotopic (exact) mass is 545 g/mol. The van der Waals surface area contributed by atoms with Gasteiger partial charge in [-0.3, -0.25) is 9.10 Å². The van der Waals surface area contributed by atoms with Crippen LogP contribution in [0.5, 0.6) is 17.2 Å². The van der Waals surface area contributed by atoms with Crippen LogP contribution in [0.25, 0.3) is 0 Å². The van der Waals surface area contributed by atoms with Crippen LogP contribution in [0.3, 0.4) is 0 Å². The molecule has 3 aromatic rings. The van der Waals surface area contributed by atoms with E-state index in [1.165, 1.54) is 51.7 Å². The maximum absolute atomic E-state index is 13.5. The number of anilines is 1. The normalized spacial score (nSPS) is 11.5. The van der Waals surface area contributed by atoms with E-state index in [-0.39, 0.29) is 15.6 Å². The van der Waals surface area contributed by atoms with Gasteiger partial charge in [0.15, 0.2) is 11.5 Å². The van der Waals surface area contributed by atoms with Crippen molar-refractivity contribution in [3.8, 4) is 17.2 Å². The van der Waals surface area contributed by atoms with Crippen LogP contribution in [0.15, 0.2) is 76.7 Å². The molecule has 0 aromatic heterocycles. The fourth-order valence-electron chi connectivity index (χ4n) is 3.50. The van der Waals surface area contributed by atoms with Crippen molar-refractivity contribution in [2.75, 3.05) is 32.2 Å². The van der Waals surface area contributed by atoms with Crippen molar-refractivity contribution in [1.82, 2.24) is 5.43 Å². The lowest BCUT2D eigenvalue weighted by Crippen LogP contribution is -2.39. The summed E-state index contributed by atoms with van der Waals surface area (Å²) in [5, 5.41) is 4.45. The van der Waals surface area contributed by atoms with Gasteiger partial charge in [0.05, 0.1) is 42.6 Å². The van der Waals surface area contributed by atoms with Crippen LogP contribution in [0.4, 0.5) is 5.69 Å². The fourth-order valence-corrected chi connectivity index (χ4v) is 5.19. The summed E-state index contributed by atoms with van der Waals surface area (Å²) in [5.74, 6) is 0.812. The smallest absolute Gasteiger partial charge is 0.264 e. The maximum Gasteiger partial charge on any atom is 0.264 e. The highest BCUT2D eigenvalue weighted by molar-refractivity contribution is 7.92.